The molecular weight excluding hydrogens is 354 g/mol. The molecule has 0 fully saturated rings. The van der Waals surface area contributed by atoms with Crippen LogP contribution in [0.2, 0.25) is 0 Å². The summed E-state index contributed by atoms with van der Waals surface area (Å²) >= 11 is 0. The molecule has 28 heavy (non-hydrogen) atoms. The van der Waals surface area contributed by atoms with E-state index in [4.69, 9.17) is 9.47 Å². The van der Waals surface area contributed by atoms with Crippen molar-refractivity contribution >= 4 is 17.6 Å². The van der Waals surface area contributed by atoms with Gasteiger partial charge < -0.3 is 14.8 Å². The van der Waals surface area contributed by atoms with Gasteiger partial charge in [0.1, 0.15) is 19.0 Å². The number of esters is 1. The molecule has 3 aromatic carbocycles. The Labute approximate surface area is 163 Å². The average Bonchev–Trinajstić information content (AvgIpc) is 2.72. The van der Waals surface area contributed by atoms with Crippen LogP contribution in [0.4, 0.5) is 5.69 Å². The highest BCUT2D eigenvalue weighted by molar-refractivity contribution is 6.07. The van der Waals surface area contributed by atoms with E-state index >= 15 is 0 Å². The van der Waals surface area contributed by atoms with Crippen LogP contribution in [0.25, 0.3) is 0 Å². The molecule has 0 aliphatic heterocycles. The van der Waals surface area contributed by atoms with Gasteiger partial charge in [0.25, 0.3) is 5.91 Å². The number of anilines is 1. The van der Waals surface area contributed by atoms with E-state index in [9.17, 15) is 9.59 Å². The summed E-state index contributed by atoms with van der Waals surface area (Å²) in [7, 11) is 0. The van der Waals surface area contributed by atoms with Crippen LogP contribution in [-0.4, -0.2) is 25.1 Å². The molecule has 142 valence electrons. The molecule has 1 N–H and O–H groups in total. The number of hydrogen-bond acceptors (Lipinski definition) is 4. The number of hydrogen-bond donors (Lipinski definition) is 1. The predicted octanol–water partition coefficient (Wildman–Crippen LogP) is 4.48. The molecule has 3 aromatic rings. The summed E-state index contributed by atoms with van der Waals surface area (Å²) < 4.78 is 10.9. The van der Waals surface area contributed by atoms with E-state index in [1.165, 1.54) is 0 Å². The first-order valence-electron chi connectivity index (χ1n) is 8.95. The fraction of sp³-hybridized carbons (Fsp3) is 0.130. The van der Waals surface area contributed by atoms with Crippen molar-refractivity contribution in [3.05, 3.63) is 95.6 Å². The quantitative estimate of drug-likeness (QED) is 0.488. The summed E-state index contributed by atoms with van der Waals surface area (Å²) in [5.74, 6) is -0.0768. The number of nitrogens with one attached hydrogen (secondary N) is 1. The Bertz CT molecular complexity index is 954. The molecule has 1 amide bonds. The van der Waals surface area contributed by atoms with Crippen LogP contribution in [0.3, 0.4) is 0 Å². The van der Waals surface area contributed by atoms with E-state index in [1.54, 1.807) is 48.5 Å². The Morgan fingerprint density at radius 3 is 2.39 bits per heavy atom. The molecule has 0 atom stereocenters. The molecule has 0 aliphatic carbocycles. The van der Waals surface area contributed by atoms with E-state index in [-0.39, 0.29) is 19.1 Å². The second kappa shape index (κ2) is 9.37. The van der Waals surface area contributed by atoms with Crippen molar-refractivity contribution in [3.63, 3.8) is 0 Å². The third kappa shape index (κ3) is 5.20. The zero-order valence-corrected chi connectivity index (χ0v) is 15.6. The molecule has 5 heteroatoms. The van der Waals surface area contributed by atoms with Crippen molar-refractivity contribution in [2.24, 2.45) is 0 Å². The number of rotatable bonds is 7. The molecule has 5 nitrogen and oxygen atoms in total. The van der Waals surface area contributed by atoms with E-state index in [0.717, 1.165) is 11.3 Å². The molecule has 0 aliphatic rings. The van der Waals surface area contributed by atoms with Gasteiger partial charge in [-0.1, -0.05) is 42.5 Å². The molecule has 3 rings (SSSR count). The standard InChI is InChI=1S/C23H21NO4/c1-17-8-7-11-19(16-17)27-14-15-28-23(26)20-12-5-6-13-21(20)24-22(25)18-9-3-2-4-10-18/h2-13,16H,14-15H2,1H3,(H,24,25). The van der Waals surface area contributed by atoms with Crippen LogP contribution in [-0.2, 0) is 4.74 Å². The van der Waals surface area contributed by atoms with Crippen molar-refractivity contribution in [1.29, 1.82) is 0 Å². The average molecular weight is 375 g/mol. The van der Waals surface area contributed by atoms with Crippen LogP contribution in [0.15, 0.2) is 78.9 Å². The molecule has 0 saturated heterocycles. The maximum Gasteiger partial charge on any atom is 0.340 e. The summed E-state index contributed by atoms with van der Waals surface area (Å²) in [5.41, 5.74) is 2.30. The van der Waals surface area contributed by atoms with E-state index < -0.39 is 5.97 Å². The molecule has 0 radical (unpaired) electrons. The second-order valence-corrected chi connectivity index (χ2v) is 6.17. The minimum Gasteiger partial charge on any atom is -0.490 e. The number of benzene rings is 3. The molecule has 0 aromatic heterocycles. The monoisotopic (exact) mass is 375 g/mol. The Hall–Kier alpha value is -3.60. The highest BCUT2D eigenvalue weighted by Crippen LogP contribution is 2.18. The van der Waals surface area contributed by atoms with Crippen LogP contribution in [0.5, 0.6) is 5.75 Å². The maximum atomic E-state index is 12.4. The molecule has 0 unspecified atom stereocenters. The number of ether oxygens (including phenoxy) is 2. The molecule has 0 heterocycles. The van der Waals surface area contributed by atoms with Gasteiger partial charge in [0, 0.05) is 5.56 Å². The first-order valence-corrected chi connectivity index (χ1v) is 8.95. The van der Waals surface area contributed by atoms with Gasteiger partial charge >= 0.3 is 5.97 Å². The molecule has 0 bridgehead atoms. The van der Waals surface area contributed by atoms with Crippen LogP contribution in [0.1, 0.15) is 26.3 Å². The van der Waals surface area contributed by atoms with Gasteiger partial charge in [0.2, 0.25) is 0 Å². The lowest BCUT2D eigenvalue weighted by atomic mass is 10.1. The number of para-hydroxylation sites is 1. The van der Waals surface area contributed by atoms with E-state index in [0.29, 0.717) is 16.8 Å². The summed E-state index contributed by atoms with van der Waals surface area (Å²) in [4.78, 5) is 24.8. The fourth-order valence-electron chi connectivity index (χ4n) is 2.63. The Balaban J connectivity index is 1.57. The van der Waals surface area contributed by atoms with Gasteiger partial charge in [-0.3, -0.25) is 4.79 Å². The fourth-order valence-corrected chi connectivity index (χ4v) is 2.63. The summed E-state index contributed by atoms with van der Waals surface area (Å²) in [5, 5.41) is 2.76. The van der Waals surface area contributed by atoms with E-state index in [2.05, 4.69) is 5.32 Å². The lowest BCUT2D eigenvalue weighted by molar-refractivity contribution is 0.0451. The summed E-state index contributed by atoms with van der Waals surface area (Å²) in [6.07, 6.45) is 0. The number of amides is 1. The second-order valence-electron chi connectivity index (χ2n) is 6.17. The summed E-state index contributed by atoms with van der Waals surface area (Å²) in [6, 6.07) is 23.2. The Morgan fingerprint density at radius 1 is 0.857 bits per heavy atom. The number of carbonyl (C=O) groups is 2. The first kappa shape index (κ1) is 19.2. The molecule has 0 saturated carbocycles. The Kier molecular flexibility index (Phi) is 6.41. The maximum absolute atomic E-state index is 12.4. The molecular formula is C23H21NO4. The van der Waals surface area contributed by atoms with Crippen molar-refractivity contribution in [1.82, 2.24) is 0 Å². The normalized spacial score (nSPS) is 10.2. The van der Waals surface area contributed by atoms with E-state index in [1.807, 2.05) is 37.3 Å². The highest BCUT2D eigenvalue weighted by atomic mass is 16.6. The topological polar surface area (TPSA) is 64.6 Å². The van der Waals surface area contributed by atoms with Gasteiger partial charge in [-0.2, -0.15) is 0 Å². The zero-order valence-electron chi connectivity index (χ0n) is 15.6. The third-order valence-corrected chi connectivity index (χ3v) is 4.01. The van der Waals surface area contributed by atoms with Crippen molar-refractivity contribution < 1.29 is 19.1 Å². The van der Waals surface area contributed by atoms with Crippen LogP contribution >= 0.6 is 0 Å². The largest absolute Gasteiger partial charge is 0.490 e. The molecule has 0 spiro atoms. The number of aryl methyl sites for hydroxylation is 1. The van der Waals surface area contributed by atoms with Gasteiger partial charge in [-0.05, 0) is 48.9 Å². The van der Waals surface area contributed by atoms with Crippen molar-refractivity contribution in [2.75, 3.05) is 18.5 Å². The van der Waals surface area contributed by atoms with Gasteiger partial charge in [0.05, 0.1) is 11.3 Å². The minimum atomic E-state index is -0.517. The van der Waals surface area contributed by atoms with Gasteiger partial charge in [0.15, 0.2) is 0 Å². The SMILES string of the molecule is Cc1cccc(OCCOC(=O)c2ccccc2NC(=O)c2ccccc2)c1. The predicted molar refractivity (Wildman–Crippen MR) is 108 cm³/mol. The van der Waals surface area contributed by atoms with Crippen molar-refractivity contribution in [2.45, 2.75) is 6.92 Å². The first-order chi connectivity index (χ1) is 13.6. The van der Waals surface area contributed by atoms with Gasteiger partial charge in [-0.25, -0.2) is 4.79 Å². The van der Waals surface area contributed by atoms with Crippen LogP contribution < -0.4 is 10.1 Å². The summed E-state index contributed by atoms with van der Waals surface area (Å²) in [6.45, 7) is 2.33. The minimum absolute atomic E-state index is 0.105. The lowest BCUT2D eigenvalue weighted by Gasteiger charge is -2.11. The van der Waals surface area contributed by atoms with Crippen LogP contribution in [0, 0.1) is 6.92 Å². The highest BCUT2D eigenvalue weighted by Gasteiger charge is 2.15. The smallest absolute Gasteiger partial charge is 0.340 e. The number of carbonyl (C=O) groups excluding carboxylic acids is 2. The van der Waals surface area contributed by atoms with Crippen molar-refractivity contribution in [3.8, 4) is 5.75 Å². The lowest BCUT2D eigenvalue weighted by Crippen LogP contribution is -2.17. The Morgan fingerprint density at radius 2 is 1.61 bits per heavy atom. The van der Waals surface area contributed by atoms with Gasteiger partial charge in [-0.15, -0.1) is 0 Å². The third-order valence-electron chi connectivity index (χ3n) is 4.01. The zero-order chi connectivity index (χ0) is 19.8.